The van der Waals surface area contributed by atoms with Gasteiger partial charge in [0.1, 0.15) is 5.56 Å². The molecule has 2 aliphatic rings. The molecule has 2 saturated heterocycles. The van der Waals surface area contributed by atoms with Crippen LogP contribution in [-0.4, -0.2) is 50.6 Å². The van der Waals surface area contributed by atoms with Gasteiger partial charge in [-0.1, -0.05) is 0 Å². The third-order valence-corrected chi connectivity index (χ3v) is 4.83. The van der Waals surface area contributed by atoms with Crippen LogP contribution in [0.1, 0.15) is 36.0 Å². The molecular formula is C15H21Cl2N5O. The molecule has 0 spiro atoms. The molecule has 1 N–H and O–H groups in total. The Labute approximate surface area is 147 Å². The van der Waals surface area contributed by atoms with Gasteiger partial charge < -0.3 is 10.2 Å². The molecule has 23 heavy (non-hydrogen) atoms. The summed E-state index contributed by atoms with van der Waals surface area (Å²) in [5, 5.41) is 7.82. The molecule has 2 aliphatic heterocycles. The SMILES string of the molecule is CN(C(=O)c1cnn2cccnc12)C1CC2CCC(C1)N2.Cl.Cl. The number of rotatable bonds is 2. The van der Waals surface area contributed by atoms with E-state index in [2.05, 4.69) is 15.4 Å². The lowest BCUT2D eigenvalue weighted by molar-refractivity contribution is 0.0683. The van der Waals surface area contributed by atoms with Crippen LogP contribution >= 0.6 is 24.8 Å². The Kier molecular flexibility index (Phi) is 5.49. The van der Waals surface area contributed by atoms with Crippen molar-refractivity contribution in [3.8, 4) is 0 Å². The quantitative estimate of drug-likeness (QED) is 0.891. The fourth-order valence-corrected chi connectivity index (χ4v) is 3.68. The molecule has 2 unspecified atom stereocenters. The van der Waals surface area contributed by atoms with Crippen LogP contribution in [0.3, 0.4) is 0 Å². The van der Waals surface area contributed by atoms with Gasteiger partial charge in [0.2, 0.25) is 0 Å². The zero-order chi connectivity index (χ0) is 14.4. The molecule has 2 aromatic rings. The Balaban J connectivity index is 0.000000960. The summed E-state index contributed by atoms with van der Waals surface area (Å²) in [6.07, 6.45) is 9.69. The van der Waals surface area contributed by atoms with Crippen molar-refractivity contribution in [2.24, 2.45) is 0 Å². The Hall–Kier alpha value is -1.37. The van der Waals surface area contributed by atoms with Gasteiger partial charge in [0.25, 0.3) is 5.91 Å². The monoisotopic (exact) mass is 357 g/mol. The number of carbonyl (C=O) groups is 1. The molecule has 4 heterocycles. The largest absolute Gasteiger partial charge is 0.338 e. The van der Waals surface area contributed by atoms with Crippen molar-refractivity contribution >= 4 is 36.4 Å². The van der Waals surface area contributed by atoms with E-state index >= 15 is 0 Å². The highest BCUT2D eigenvalue weighted by Crippen LogP contribution is 2.30. The molecule has 2 fully saturated rings. The van der Waals surface area contributed by atoms with Crippen LogP contribution in [0.2, 0.25) is 0 Å². The number of amides is 1. The molecule has 126 valence electrons. The van der Waals surface area contributed by atoms with Crippen LogP contribution in [0.15, 0.2) is 24.7 Å². The van der Waals surface area contributed by atoms with Crippen molar-refractivity contribution < 1.29 is 4.79 Å². The van der Waals surface area contributed by atoms with Gasteiger partial charge in [-0.3, -0.25) is 4.79 Å². The number of aromatic nitrogens is 3. The molecule has 4 rings (SSSR count). The van der Waals surface area contributed by atoms with E-state index in [1.807, 2.05) is 24.2 Å². The maximum absolute atomic E-state index is 12.8. The van der Waals surface area contributed by atoms with E-state index in [4.69, 9.17) is 0 Å². The number of halogens is 2. The van der Waals surface area contributed by atoms with Crippen molar-refractivity contribution in [2.75, 3.05) is 7.05 Å². The summed E-state index contributed by atoms with van der Waals surface area (Å²) in [4.78, 5) is 18.9. The first-order chi connectivity index (χ1) is 10.2. The molecule has 0 aromatic carbocycles. The number of hydrogen-bond acceptors (Lipinski definition) is 4. The summed E-state index contributed by atoms with van der Waals surface area (Å²) in [6, 6.07) is 3.27. The van der Waals surface area contributed by atoms with Crippen molar-refractivity contribution in [1.82, 2.24) is 24.8 Å². The molecule has 2 atom stereocenters. The third-order valence-electron chi connectivity index (χ3n) is 4.83. The molecule has 0 radical (unpaired) electrons. The highest BCUT2D eigenvalue weighted by atomic mass is 35.5. The van der Waals surface area contributed by atoms with Crippen molar-refractivity contribution in [1.29, 1.82) is 0 Å². The van der Waals surface area contributed by atoms with E-state index in [9.17, 15) is 4.79 Å². The predicted molar refractivity (Wildman–Crippen MR) is 92.5 cm³/mol. The molecular weight excluding hydrogens is 337 g/mol. The molecule has 0 aliphatic carbocycles. The fraction of sp³-hybridized carbons (Fsp3) is 0.533. The molecule has 6 nitrogen and oxygen atoms in total. The van der Waals surface area contributed by atoms with E-state index in [0.29, 0.717) is 29.3 Å². The first kappa shape index (κ1) is 18.0. The Morgan fingerprint density at radius 2 is 2.00 bits per heavy atom. The maximum Gasteiger partial charge on any atom is 0.259 e. The first-order valence-electron chi connectivity index (χ1n) is 7.54. The lowest BCUT2D eigenvalue weighted by Gasteiger charge is -2.35. The van der Waals surface area contributed by atoms with E-state index in [-0.39, 0.29) is 30.7 Å². The summed E-state index contributed by atoms with van der Waals surface area (Å²) in [7, 11) is 1.91. The third kappa shape index (κ3) is 3.16. The summed E-state index contributed by atoms with van der Waals surface area (Å²) < 4.78 is 1.65. The highest BCUT2D eigenvalue weighted by molar-refractivity contribution is 5.99. The lowest BCUT2D eigenvalue weighted by atomic mass is 9.98. The minimum atomic E-state index is 0. The zero-order valence-electron chi connectivity index (χ0n) is 12.9. The topological polar surface area (TPSA) is 62.5 Å². The van der Waals surface area contributed by atoms with Gasteiger partial charge in [-0.05, 0) is 31.7 Å². The van der Waals surface area contributed by atoms with Crippen molar-refractivity contribution in [2.45, 2.75) is 43.8 Å². The van der Waals surface area contributed by atoms with Gasteiger partial charge in [-0.2, -0.15) is 5.10 Å². The number of piperidine rings is 1. The van der Waals surface area contributed by atoms with E-state index in [0.717, 1.165) is 12.8 Å². The van der Waals surface area contributed by atoms with Crippen LogP contribution in [0.4, 0.5) is 0 Å². The standard InChI is InChI=1S/C15H19N5O.2ClH/c1-19(12-7-10-3-4-11(8-12)18-10)15(21)13-9-17-20-6-2-5-16-14(13)20;;/h2,5-6,9-12,18H,3-4,7-8H2,1H3;2*1H. The maximum atomic E-state index is 12.8. The van der Waals surface area contributed by atoms with Gasteiger partial charge in [-0.25, -0.2) is 9.50 Å². The van der Waals surface area contributed by atoms with Crippen LogP contribution in [-0.2, 0) is 0 Å². The Morgan fingerprint density at radius 1 is 1.30 bits per heavy atom. The smallest absolute Gasteiger partial charge is 0.259 e. The van der Waals surface area contributed by atoms with Gasteiger partial charge >= 0.3 is 0 Å². The molecule has 0 saturated carbocycles. The second kappa shape index (κ2) is 7.03. The average Bonchev–Trinajstić information content (AvgIpc) is 3.09. The van der Waals surface area contributed by atoms with E-state index < -0.39 is 0 Å². The van der Waals surface area contributed by atoms with Gasteiger partial charge in [0.15, 0.2) is 5.65 Å². The lowest BCUT2D eigenvalue weighted by Crippen LogP contribution is -2.48. The number of fused-ring (bicyclic) bond motifs is 3. The summed E-state index contributed by atoms with van der Waals surface area (Å²) >= 11 is 0. The van der Waals surface area contributed by atoms with Crippen molar-refractivity contribution in [3.05, 3.63) is 30.2 Å². The van der Waals surface area contributed by atoms with Crippen LogP contribution in [0.25, 0.3) is 5.65 Å². The van der Waals surface area contributed by atoms with Crippen molar-refractivity contribution in [3.63, 3.8) is 0 Å². The molecule has 8 heteroatoms. The van der Waals surface area contributed by atoms with Crippen LogP contribution in [0.5, 0.6) is 0 Å². The van der Waals surface area contributed by atoms with E-state index in [1.165, 1.54) is 12.8 Å². The zero-order valence-corrected chi connectivity index (χ0v) is 14.5. The van der Waals surface area contributed by atoms with E-state index in [1.54, 1.807) is 16.9 Å². The minimum absolute atomic E-state index is 0. The fourth-order valence-electron chi connectivity index (χ4n) is 3.68. The molecule has 2 bridgehead atoms. The molecule has 2 aromatic heterocycles. The van der Waals surface area contributed by atoms with Crippen LogP contribution < -0.4 is 5.32 Å². The second-order valence-electron chi connectivity index (χ2n) is 6.13. The number of nitrogens with one attached hydrogen (secondary N) is 1. The average molecular weight is 358 g/mol. The Morgan fingerprint density at radius 3 is 2.70 bits per heavy atom. The number of hydrogen-bond donors (Lipinski definition) is 1. The normalized spacial score (nSPS) is 25.5. The van der Waals surface area contributed by atoms with Gasteiger partial charge in [0.05, 0.1) is 6.20 Å². The second-order valence-corrected chi connectivity index (χ2v) is 6.13. The summed E-state index contributed by atoms with van der Waals surface area (Å²) in [5.41, 5.74) is 1.22. The first-order valence-corrected chi connectivity index (χ1v) is 7.54. The summed E-state index contributed by atoms with van der Waals surface area (Å²) in [6.45, 7) is 0. The minimum Gasteiger partial charge on any atom is -0.338 e. The number of nitrogens with zero attached hydrogens (tertiary/aromatic N) is 4. The number of carbonyl (C=O) groups excluding carboxylic acids is 1. The molecule has 1 amide bonds. The predicted octanol–water partition coefficient (Wildman–Crippen LogP) is 1.93. The van der Waals surface area contributed by atoms with Crippen LogP contribution in [0, 0.1) is 0 Å². The highest BCUT2D eigenvalue weighted by Gasteiger charge is 2.37. The summed E-state index contributed by atoms with van der Waals surface area (Å²) in [5.74, 6) is 0.0231. The van der Waals surface area contributed by atoms with Gasteiger partial charge in [0, 0.05) is 37.6 Å². The van der Waals surface area contributed by atoms with Gasteiger partial charge in [-0.15, -0.1) is 24.8 Å². The Bertz CT molecular complexity index is 679.